The molecule has 0 spiro atoms. The third-order valence-electron chi connectivity index (χ3n) is 1.77. The summed E-state index contributed by atoms with van der Waals surface area (Å²) in [6.45, 7) is 2.02. The first kappa shape index (κ1) is 9.00. The van der Waals surface area contributed by atoms with Gasteiger partial charge in [-0.25, -0.2) is 4.39 Å². The maximum Gasteiger partial charge on any atom is 0.134 e. The first-order valence-electron chi connectivity index (χ1n) is 3.78. The number of hydrogen-bond donors (Lipinski definition) is 2. The fourth-order valence-electron chi connectivity index (χ4n) is 1.07. The van der Waals surface area contributed by atoms with E-state index in [-0.39, 0.29) is 11.6 Å². The van der Waals surface area contributed by atoms with Gasteiger partial charge in [-0.3, -0.25) is 0 Å². The summed E-state index contributed by atoms with van der Waals surface area (Å²) < 4.78 is 13.2. The topological polar surface area (TPSA) is 32.3 Å². The van der Waals surface area contributed by atoms with Crippen molar-refractivity contribution in [3.63, 3.8) is 0 Å². The molecule has 1 aromatic carbocycles. The van der Waals surface area contributed by atoms with Crippen molar-refractivity contribution in [1.82, 2.24) is 5.32 Å². The highest BCUT2D eigenvalue weighted by atomic mass is 19.1. The van der Waals surface area contributed by atoms with Crippen LogP contribution >= 0.6 is 0 Å². The highest BCUT2D eigenvalue weighted by molar-refractivity contribution is 5.37. The average molecular weight is 169 g/mol. The van der Waals surface area contributed by atoms with E-state index in [0.29, 0.717) is 17.7 Å². The van der Waals surface area contributed by atoms with Crippen molar-refractivity contribution in [2.45, 2.75) is 13.5 Å². The maximum atomic E-state index is 13.2. The Morgan fingerprint density at radius 3 is 2.75 bits per heavy atom. The SMILES string of the molecule is CNCc1c(O)ccc(C)c1F. The lowest BCUT2D eigenvalue weighted by molar-refractivity contribution is 0.454. The number of phenolic OH excluding ortho intramolecular Hbond substituents is 1. The van der Waals surface area contributed by atoms with Crippen LogP contribution in [0.5, 0.6) is 5.75 Å². The van der Waals surface area contributed by atoms with Gasteiger partial charge in [-0.2, -0.15) is 0 Å². The number of halogens is 1. The third-order valence-corrected chi connectivity index (χ3v) is 1.77. The minimum absolute atomic E-state index is 0.00690. The Labute approximate surface area is 71.0 Å². The molecule has 1 aromatic rings. The van der Waals surface area contributed by atoms with Crippen molar-refractivity contribution in [2.75, 3.05) is 7.05 Å². The van der Waals surface area contributed by atoms with E-state index in [2.05, 4.69) is 5.32 Å². The van der Waals surface area contributed by atoms with Crippen LogP contribution < -0.4 is 5.32 Å². The van der Waals surface area contributed by atoms with Gasteiger partial charge in [0.15, 0.2) is 0 Å². The van der Waals surface area contributed by atoms with Crippen LogP contribution in [0.1, 0.15) is 11.1 Å². The third kappa shape index (κ3) is 1.56. The molecule has 0 fully saturated rings. The summed E-state index contributed by atoms with van der Waals surface area (Å²) in [6, 6.07) is 3.06. The number of aromatic hydroxyl groups is 1. The summed E-state index contributed by atoms with van der Waals surface area (Å²) in [6.07, 6.45) is 0. The number of phenols is 1. The Hall–Kier alpha value is -1.09. The van der Waals surface area contributed by atoms with Crippen molar-refractivity contribution in [1.29, 1.82) is 0 Å². The van der Waals surface area contributed by atoms with Crippen LogP contribution in [0.4, 0.5) is 4.39 Å². The van der Waals surface area contributed by atoms with Gasteiger partial charge in [0.25, 0.3) is 0 Å². The molecule has 0 saturated carbocycles. The van der Waals surface area contributed by atoms with Gasteiger partial charge < -0.3 is 10.4 Å². The molecule has 0 aromatic heterocycles. The molecular weight excluding hydrogens is 157 g/mol. The second-order valence-electron chi connectivity index (χ2n) is 2.72. The zero-order valence-electron chi connectivity index (χ0n) is 7.19. The fourth-order valence-corrected chi connectivity index (χ4v) is 1.07. The van der Waals surface area contributed by atoms with Crippen molar-refractivity contribution in [3.05, 3.63) is 29.1 Å². The molecule has 0 radical (unpaired) electrons. The van der Waals surface area contributed by atoms with E-state index in [1.165, 1.54) is 6.07 Å². The highest BCUT2D eigenvalue weighted by Gasteiger charge is 2.08. The van der Waals surface area contributed by atoms with Crippen molar-refractivity contribution < 1.29 is 9.50 Å². The molecule has 12 heavy (non-hydrogen) atoms. The predicted molar refractivity (Wildman–Crippen MR) is 45.6 cm³/mol. The predicted octanol–water partition coefficient (Wildman–Crippen LogP) is 1.56. The smallest absolute Gasteiger partial charge is 0.134 e. The van der Waals surface area contributed by atoms with Crippen LogP contribution in [-0.2, 0) is 6.54 Å². The van der Waals surface area contributed by atoms with Gasteiger partial charge in [0, 0.05) is 12.1 Å². The first-order chi connectivity index (χ1) is 5.66. The monoisotopic (exact) mass is 169 g/mol. The van der Waals surface area contributed by atoms with Crippen molar-refractivity contribution >= 4 is 0 Å². The number of aryl methyl sites for hydroxylation is 1. The van der Waals surface area contributed by atoms with E-state index in [1.54, 1.807) is 20.0 Å². The molecule has 1 rings (SSSR count). The van der Waals surface area contributed by atoms with Crippen LogP contribution in [0.15, 0.2) is 12.1 Å². The molecule has 0 amide bonds. The van der Waals surface area contributed by atoms with E-state index in [1.807, 2.05) is 0 Å². The average Bonchev–Trinajstić information content (AvgIpc) is 2.06. The van der Waals surface area contributed by atoms with E-state index in [4.69, 9.17) is 0 Å². The molecule has 0 atom stereocenters. The highest BCUT2D eigenvalue weighted by Crippen LogP contribution is 2.22. The van der Waals surface area contributed by atoms with Gasteiger partial charge in [-0.05, 0) is 25.6 Å². The summed E-state index contributed by atoms with van der Waals surface area (Å²) in [5, 5.41) is 12.1. The summed E-state index contributed by atoms with van der Waals surface area (Å²) in [7, 11) is 1.71. The largest absolute Gasteiger partial charge is 0.508 e. The van der Waals surface area contributed by atoms with Crippen LogP contribution in [0.3, 0.4) is 0 Å². The summed E-state index contributed by atoms with van der Waals surface area (Å²) in [5.41, 5.74) is 0.885. The zero-order chi connectivity index (χ0) is 9.14. The summed E-state index contributed by atoms with van der Waals surface area (Å²) >= 11 is 0. The Kier molecular flexibility index (Phi) is 2.65. The summed E-state index contributed by atoms with van der Waals surface area (Å²) in [5.74, 6) is -0.322. The zero-order valence-corrected chi connectivity index (χ0v) is 7.19. The van der Waals surface area contributed by atoms with Crippen LogP contribution in [0, 0.1) is 12.7 Å². The lowest BCUT2D eigenvalue weighted by Gasteiger charge is -2.06. The minimum Gasteiger partial charge on any atom is -0.508 e. The quantitative estimate of drug-likeness (QED) is 0.704. The number of rotatable bonds is 2. The van der Waals surface area contributed by atoms with Crippen molar-refractivity contribution in [3.8, 4) is 5.75 Å². The second kappa shape index (κ2) is 3.54. The Morgan fingerprint density at radius 1 is 1.50 bits per heavy atom. The maximum absolute atomic E-state index is 13.2. The normalized spacial score (nSPS) is 10.2. The molecule has 0 bridgehead atoms. The molecule has 2 N–H and O–H groups in total. The van der Waals surface area contributed by atoms with Gasteiger partial charge in [-0.15, -0.1) is 0 Å². The number of benzene rings is 1. The van der Waals surface area contributed by atoms with Gasteiger partial charge in [0.2, 0.25) is 0 Å². The van der Waals surface area contributed by atoms with E-state index in [9.17, 15) is 9.50 Å². The van der Waals surface area contributed by atoms with Gasteiger partial charge in [0.1, 0.15) is 11.6 Å². The van der Waals surface area contributed by atoms with E-state index in [0.717, 1.165) is 0 Å². The molecule has 0 saturated heterocycles. The first-order valence-corrected chi connectivity index (χ1v) is 3.78. The number of nitrogens with one attached hydrogen (secondary N) is 1. The molecule has 0 aliphatic heterocycles. The van der Waals surface area contributed by atoms with Crippen LogP contribution in [-0.4, -0.2) is 12.2 Å². The van der Waals surface area contributed by atoms with Gasteiger partial charge in [-0.1, -0.05) is 6.07 Å². The Balaban J connectivity index is 3.14. The molecule has 66 valence electrons. The Bertz CT molecular complexity index is 286. The number of hydrogen-bond acceptors (Lipinski definition) is 2. The fraction of sp³-hybridized carbons (Fsp3) is 0.333. The standard InChI is InChI=1S/C9H12FNO/c1-6-3-4-8(12)7(5-11-2)9(6)10/h3-4,11-12H,5H2,1-2H3. The van der Waals surface area contributed by atoms with E-state index < -0.39 is 0 Å². The van der Waals surface area contributed by atoms with Crippen molar-refractivity contribution in [2.24, 2.45) is 0 Å². The van der Waals surface area contributed by atoms with Crippen LogP contribution in [0.25, 0.3) is 0 Å². The molecular formula is C9H12FNO. The molecule has 2 nitrogen and oxygen atoms in total. The van der Waals surface area contributed by atoms with Gasteiger partial charge >= 0.3 is 0 Å². The Morgan fingerprint density at radius 2 is 2.17 bits per heavy atom. The van der Waals surface area contributed by atoms with Crippen LogP contribution in [0.2, 0.25) is 0 Å². The molecule has 0 aliphatic carbocycles. The molecule has 3 heteroatoms. The summed E-state index contributed by atoms with van der Waals surface area (Å²) in [4.78, 5) is 0. The minimum atomic E-state index is -0.329. The van der Waals surface area contributed by atoms with E-state index >= 15 is 0 Å². The lowest BCUT2D eigenvalue weighted by atomic mass is 10.1. The second-order valence-corrected chi connectivity index (χ2v) is 2.72. The van der Waals surface area contributed by atoms with Gasteiger partial charge in [0.05, 0.1) is 0 Å². The molecule has 0 aliphatic rings. The molecule has 0 heterocycles. The lowest BCUT2D eigenvalue weighted by Crippen LogP contribution is -2.07. The molecule has 0 unspecified atom stereocenters.